The van der Waals surface area contributed by atoms with Crippen LogP contribution in [0.2, 0.25) is 0 Å². The van der Waals surface area contributed by atoms with E-state index in [1.807, 2.05) is 19.9 Å². The van der Waals surface area contributed by atoms with Gasteiger partial charge in [0, 0.05) is 0 Å². The molecule has 0 bridgehead atoms. The van der Waals surface area contributed by atoms with Crippen molar-refractivity contribution >= 4 is 10.0 Å². The average molecular weight is 218 g/mol. The first-order chi connectivity index (χ1) is 6.41. The van der Waals surface area contributed by atoms with Crippen LogP contribution in [-0.4, -0.2) is 20.2 Å². The maximum Gasteiger partial charge on any atom is 0.212 e. The Labute approximate surface area is 86.4 Å². The van der Waals surface area contributed by atoms with Crippen molar-refractivity contribution in [3.8, 4) is 6.07 Å². The molecule has 0 aromatic rings. The van der Waals surface area contributed by atoms with Gasteiger partial charge in [0.1, 0.15) is 6.04 Å². The van der Waals surface area contributed by atoms with Gasteiger partial charge in [0.2, 0.25) is 10.0 Å². The summed E-state index contributed by atoms with van der Waals surface area (Å²) in [6, 6.07) is 1.37. The van der Waals surface area contributed by atoms with E-state index in [4.69, 9.17) is 5.26 Å². The summed E-state index contributed by atoms with van der Waals surface area (Å²) in [6.07, 6.45) is 1.12. The second-order valence-electron chi connectivity index (χ2n) is 3.75. The summed E-state index contributed by atoms with van der Waals surface area (Å²) in [6.45, 7) is 5.71. The molecule has 0 fully saturated rings. The van der Waals surface area contributed by atoms with E-state index in [1.165, 1.54) is 0 Å². The average Bonchev–Trinajstić information content (AvgIpc) is 2.01. The number of nitriles is 1. The molecule has 0 amide bonds. The molecule has 0 rings (SSSR count). The molecule has 0 aromatic carbocycles. The Morgan fingerprint density at radius 2 is 2.00 bits per heavy atom. The maximum absolute atomic E-state index is 11.3. The Morgan fingerprint density at radius 3 is 2.36 bits per heavy atom. The molecule has 14 heavy (non-hydrogen) atoms. The molecule has 0 aromatic heterocycles. The summed E-state index contributed by atoms with van der Waals surface area (Å²) < 4.78 is 25.0. The fourth-order valence-electron chi connectivity index (χ4n) is 1.14. The van der Waals surface area contributed by atoms with Crippen molar-refractivity contribution in [2.75, 3.05) is 5.75 Å². The quantitative estimate of drug-likeness (QED) is 0.729. The van der Waals surface area contributed by atoms with Gasteiger partial charge in [-0.1, -0.05) is 20.8 Å². The van der Waals surface area contributed by atoms with E-state index >= 15 is 0 Å². The second kappa shape index (κ2) is 5.99. The normalized spacial score (nSPS) is 13.9. The van der Waals surface area contributed by atoms with Crippen LogP contribution in [0.15, 0.2) is 0 Å². The molecule has 1 N–H and O–H groups in total. The molecule has 0 heterocycles. The monoisotopic (exact) mass is 218 g/mol. The maximum atomic E-state index is 11.3. The van der Waals surface area contributed by atoms with Gasteiger partial charge in [-0.25, -0.2) is 8.42 Å². The molecule has 4 nitrogen and oxygen atoms in total. The molecule has 1 unspecified atom stereocenters. The molecule has 0 aliphatic heterocycles. The van der Waals surface area contributed by atoms with Gasteiger partial charge in [0.15, 0.2) is 0 Å². The molecule has 1 atom stereocenters. The summed E-state index contributed by atoms with van der Waals surface area (Å²) >= 11 is 0. The van der Waals surface area contributed by atoms with Crippen LogP contribution < -0.4 is 4.72 Å². The van der Waals surface area contributed by atoms with Gasteiger partial charge in [-0.05, 0) is 18.8 Å². The minimum atomic E-state index is -3.26. The smallest absolute Gasteiger partial charge is 0.212 e. The lowest BCUT2D eigenvalue weighted by Gasteiger charge is -2.13. The largest absolute Gasteiger partial charge is 0.212 e. The molecule has 82 valence electrons. The molecule has 5 heteroatoms. The molecule has 0 radical (unpaired) electrons. The number of nitrogens with one attached hydrogen (secondary N) is 1. The highest BCUT2D eigenvalue weighted by atomic mass is 32.2. The lowest BCUT2D eigenvalue weighted by Crippen LogP contribution is -2.36. The van der Waals surface area contributed by atoms with Crippen molar-refractivity contribution < 1.29 is 8.42 Å². The van der Waals surface area contributed by atoms with Crippen molar-refractivity contribution in [2.24, 2.45) is 5.92 Å². The third-order valence-corrected chi connectivity index (χ3v) is 3.25. The van der Waals surface area contributed by atoms with Gasteiger partial charge in [0.25, 0.3) is 0 Å². The third kappa shape index (κ3) is 5.95. The molecular formula is C9H18N2O2S. The summed E-state index contributed by atoms with van der Waals surface area (Å²) in [4.78, 5) is 0. The number of hydrogen-bond donors (Lipinski definition) is 1. The highest BCUT2D eigenvalue weighted by Crippen LogP contribution is 2.05. The second-order valence-corrected chi connectivity index (χ2v) is 5.62. The lowest BCUT2D eigenvalue weighted by molar-refractivity contribution is 0.512. The van der Waals surface area contributed by atoms with Crippen LogP contribution in [0.5, 0.6) is 0 Å². The standard InChI is InChI=1S/C9H18N2O2S/c1-4-5-14(12,13)11-9(7-10)6-8(2)3/h8-9,11H,4-6H2,1-3H3. The first kappa shape index (κ1) is 13.4. The van der Waals surface area contributed by atoms with Gasteiger partial charge in [-0.2, -0.15) is 9.98 Å². The first-order valence-electron chi connectivity index (χ1n) is 4.81. The van der Waals surface area contributed by atoms with Crippen molar-refractivity contribution in [1.29, 1.82) is 5.26 Å². The van der Waals surface area contributed by atoms with E-state index < -0.39 is 16.1 Å². The van der Waals surface area contributed by atoms with E-state index in [-0.39, 0.29) is 5.75 Å². The SMILES string of the molecule is CCCS(=O)(=O)NC(C#N)CC(C)C. The van der Waals surface area contributed by atoms with Crippen LogP contribution >= 0.6 is 0 Å². The van der Waals surface area contributed by atoms with Crippen molar-refractivity contribution in [3.63, 3.8) is 0 Å². The van der Waals surface area contributed by atoms with E-state index in [0.717, 1.165) is 0 Å². The Kier molecular flexibility index (Phi) is 5.73. The highest BCUT2D eigenvalue weighted by molar-refractivity contribution is 7.89. The minimum absolute atomic E-state index is 0.0866. The van der Waals surface area contributed by atoms with Gasteiger partial charge >= 0.3 is 0 Å². The topological polar surface area (TPSA) is 70.0 Å². The molecule has 0 saturated carbocycles. The summed E-state index contributed by atoms with van der Waals surface area (Å²) in [7, 11) is -3.26. The number of hydrogen-bond acceptors (Lipinski definition) is 3. The van der Waals surface area contributed by atoms with Gasteiger partial charge in [-0.3, -0.25) is 0 Å². The number of rotatable bonds is 6. The van der Waals surface area contributed by atoms with Crippen molar-refractivity contribution in [1.82, 2.24) is 4.72 Å². The fourth-order valence-corrected chi connectivity index (χ4v) is 2.38. The lowest BCUT2D eigenvalue weighted by atomic mass is 10.1. The predicted molar refractivity (Wildman–Crippen MR) is 56.1 cm³/mol. The Bertz CT molecular complexity index is 290. The number of nitrogens with zero attached hydrogens (tertiary/aromatic N) is 1. The van der Waals surface area contributed by atoms with Gasteiger partial charge in [0.05, 0.1) is 11.8 Å². The van der Waals surface area contributed by atoms with Gasteiger partial charge < -0.3 is 0 Å². The zero-order valence-electron chi connectivity index (χ0n) is 8.95. The van der Waals surface area contributed by atoms with E-state index in [0.29, 0.717) is 18.8 Å². The van der Waals surface area contributed by atoms with Crippen LogP contribution in [0, 0.1) is 17.2 Å². The predicted octanol–water partition coefficient (Wildman–Crippen LogP) is 1.25. The third-order valence-electron chi connectivity index (χ3n) is 1.66. The van der Waals surface area contributed by atoms with Crippen LogP contribution in [-0.2, 0) is 10.0 Å². The zero-order valence-corrected chi connectivity index (χ0v) is 9.76. The molecule has 0 spiro atoms. The minimum Gasteiger partial charge on any atom is -0.212 e. The Balaban J connectivity index is 4.26. The van der Waals surface area contributed by atoms with E-state index in [1.54, 1.807) is 6.92 Å². The molecule has 0 aliphatic rings. The van der Waals surface area contributed by atoms with Crippen LogP contribution in [0.25, 0.3) is 0 Å². The summed E-state index contributed by atoms with van der Waals surface area (Å²) in [5, 5.41) is 8.73. The molecule has 0 saturated heterocycles. The van der Waals surface area contributed by atoms with E-state index in [2.05, 4.69) is 4.72 Å². The van der Waals surface area contributed by atoms with Crippen LogP contribution in [0.3, 0.4) is 0 Å². The van der Waals surface area contributed by atoms with Crippen molar-refractivity contribution in [3.05, 3.63) is 0 Å². The van der Waals surface area contributed by atoms with Crippen LogP contribution in [0.1, 0.15) is 33.6 Å². The first-order valence-corrected chi connectivity index (χ1v) is 6.46. The fraction of sp³-hybridized carbons (Fsp3) is 0.889. The highest BCUT2D eigenvalue weighted by Gasteiger charge is 2.17. The summed E-state index contributed by atoms with van der Waals surface area (Å²) in [5.41, 5.74) is 0. The zero-order chi connectivity index (χ0) is 11.2. The molecule has 0 aliphatic carbocycles. The van der Waals surface area contributed by atoms with Crippen LogP contribution in [0.4, 0.5) is 0 Å². The van der Waals surface area contributed by atoms with E-state index in [9.17, 15) is 8.42 Å². The van der Waals surface area contributed by atoms with Crippen molar-refractivity contribution in [2.45, 2.75) is 39.7 Å². The Hall–Kier alpha value is -0.600. The molecular weight excluding hydrogens is 200 g/mol. The Morgan fingerprint density at radius 1 is 1.43 bits per heavy atom. The van der Waals surface area contributed by atoms with Gasteiger partial charge in [-0.15, -0.1) is 0 Å². The summed E-state index contributed by atoms with van der Waals surface area (Å²) in [5.74, 6) is 0.396. The number of sulfonamides is 1.